The highest BCUT2D eigenvalue weighted by Gasteiger charge is 2.39. The standard InChI is InChI=1S/C15H32N2O2S/c1-6-16-8-7-9-20(18,19)17-13-10-14(2,3)12-15(4,5)11-13/h13,16-17H,6-12H2,1-5H3. The van der Waals surface area contributed by atoms with E-state index in [1.54, 1.807) is 0 Å². The second-order valence-electron chi connectivity index (χ2n) is 7.75. The van der Waals surface area contributed by atoms with E-state index in [1.807, 2.05) is 6.92 Å². The molecule has 20 heavy (non-hydrogen) atoms. The van der Waals surface area contributed by atoms with E-state index in [1.165, 1.54) is 0 Å². The van der Waals surface area contributed by atoms with Crippen molar-refractivity contribution in [2.75, 3.05) is 18.8 Å². The van der Waals surface area contributed by atoms with E-state index in [9.17, 15) is 8.42 Å². The molecule has 0 aromatic heterocycles. The van der Waals surface area contributed by atoms with Gasteiger partial charge in [-0.1, -0.05) is 34.6 Å². The molecular formula is C15H32N2O2S. The largest absolute Gasteiger partial charge is 0.317 e. The Morgan fingerprint density at radius 2 is 1.65 bits per heavy atom. The molecule has 0 aromatic carbocycles. The van der Waals surface area contributed by atoms with Crippen molar-refractivity contribution in [2.45, 2.75) is 66.3 Å². The second-order valence-corrected chi connectivity index (χ2v) is 9.63. The SMILES string of the molecule is CCNCCCS(=O)(=O)NC1CC(C)(C)CC(C)(C)C1. The zero-order valence-electron chi connectivity index (χ0n) is 13.8. The van der Waals surface area contributed by atoms with Crippen LogP contribution in [0.2, 0.25) is 0 Å². The molecule has 1 aliphatic rings. The summed E-state index contributed by atoms with van der Waals surface area (Å²) in [7, 11) is -3.15. The summed E-state index contributed by atoms with van der Waals surface area (Å²) in [5.74, 6) is 0.220. The van der Waals surface area contributed by atoms with Gasteiger partial charge in [0, 0.05) is 6.04 Å². The first-order chi connectivity index (χ1) is 9.05. The first-order valence-corrected chi connectivity index (χ1v) is 9.41. The Balaban J connectivity index is 2.53. The van der Waals surface area contributed by atoms with Crippen LogP contribution in [0.1, 0.15) is 60.3 Å². The highest BCUT2D eigenvalue weighted by molar-refractivity contribution is 7.89. The summed E-state index contributed by atoms with van der Waals surface area (Å²) in [5, 5.41) is 3.16. The first-order valence-electron chi connectivity index (χ1n) is 7.76. The van der Waals surface area contributed by atoms with Crippen molar-refractivity contribution in [3.05, 3.63) is 0 Å². The van der Waals surface area contributed by atoms with E-state index in [0.29, 0.717) is 6.42 Å². The number of rotatable bonds is 7. The lowest BCUT2D eigenvalue weighted by molar-refractivity contribution is 0.0934. The van der Waals surface area contributed by atoms with E-state index in [-0.39, 0.29) is 22.6 Å². The molecular weight excluding hydrogens is 272 g/mol. The molecule has 2 N–H and O–H groups in total. The van der Waals surface area contributed by atoms with Gasteiger partial charge in [-0.15, -0.1) is 0 Å². The van der Waals surface area contributed by atoms with Crippen molar-refractivity contribution < 1.29 is 8.42 Å². The molecule has 5 heteroatoms. The second kappa shape index (κ2) is 6.75. The highest BCUT2D eigenvalue weighted by atomic mass is 32.2. The van der Waals surface area contributed by atoms with Crippen LogP contribution < -0.4 is 10.0 Å². The van der Waals surface area contributed by atoms with Crippen LogP contribution in [0.25, 0.3) is 0 Å². The predicted octanol–water partition coefficient (Wildman–Crippen LogP) is 2.51. The van der Waals surface area contributed by atoms with E-state index >= 15 is 0 Å². The molecule has 1 fully saturated rings. The fourth-order valence-corrected chi connectivity index (χ4v) is 5.12. The zero-order chi connectivity index (χ0) is 15.4. The van der Waals surface area contributed by atoms with Gasteiger partial charge in [0.05, 0.1) is 5.75 Å². The summed E-state index contributed by atoms with van der Waals surface area (Å²) in [5.41, 5.74) is 0.414. The maximum atomic E-state index is 12.1. The Bertz CT molecular complexity index is 386. The Hall–Kier alpha value is -0.130. The Morgan fingerprint density at radius 1 is 1.10 bits per heavy atom. The van der Waals surface area contributed by atoms with Crippen LogP contribution in [0.5, 0.6) is 0 Å². The van der Waals surface area contributed by atoms with Crippen molar-refractivity contribution in [3.8, 4) is 0 Å². The molecule has 0 heterocycles. The quantitative estimate of drug-likeness (QED) is 0.711. The van der Waals surface area contributed by atoms with Crippen molar-refractivity contribution in [1.29, 1.82) is 0 Å². The fourth-order valence-electron chi connectivity index (χ4n) is 3.81. The van der Waals surface area contributed by atoms with Crippen molar-refractivity contribution in [2.24, 2.45) is 10.8 Å². The van der Waals surface area contributed by atoms with E-state index < -0.39 is 10.0 Å². The van der Waals surface area contributed by atoms with Crippen LogP contribution in [0.3, 0.4) is 0 Å². The van der Waals surface area contributed by atoms with Crippen molar-refractivity contribution in [1.82, 2.24) is 10.0 Å². The summed E-state index contributed by atoms with van der Waals surface area (Å²) in [6.07, 6.45) is 3.69. The smallest absolute Gasteiger partial charge is 0.211 e. The Morgan fingerprint density at radius 3 is 2.15 bits per heavy atom. The molecule has 0 saturated heterocycles. The van der Waals surface area contributed by atoms with E-state index in [2.05, 4.69) is 37.7 Å². The van der Waals surface area contributed by atoms with Gasteiger partial charge in [-0.05, 0) is 49.6 Å². The van der Waals surface area contributed by atoms with Crippen molar-refractivity contribution >= 4 is 10.0 Å². The lowest BCUT2D eigenvalue weighted by Gasteiger charge is -2.45. The normalized spacial score (nSPS) is 22.9. The first kappa shape index (κ1) is 17.9. The lowest BCUT2D eigenvalue weighted by Crippen LogP contribution is -2.46. The summed E-state index contributed by atoms with van der Waals surface area (Å²) in [4.78, 5) is 0. The molecule has 1 aliphatic carbocycles. The maximum Gasteiger partial charge on any atom is 0.211 e. The van der Waals surface area contributed by atoms with Gasteiger partial charge in [0.1, 0.15) is 0 Å². The molecule has 0 aliphatic heterocycles. The summed E-state index contributed by atoms with van der Waals surface area (Å²) < 4.78 is 27.2. The van der Waals surface area contributed by atoms with Gasteiger partial charge in [0.25, 0.3) is 0 Å². The Kier molecular flexibility index (Phi) is 6.05. The third-order valence-electron chi connectivity index (χ3n) is 3.92. The number of hydrogen-bond acceptors (Lipinski definition) is 3. The minimum absolute atomic E-state index is 0.0814. The van der Waals surface area contributed by atoms with Gasteiger partial charge < -0.3 is 5.32 Å². The third kappa shape index (κ3) is 6.55. The molecule has 0 amide bonds. The molecule has 1 rings (SSSR count). The van der Waals surface area contributed by atoms with E-state index in [0.717, 1.165) is 32.4 Å². The number of hydrogen-bond donors (Lipinski definition) is 2. The molecule has 0 aromatic rings. The summed E-state index contributed by atoms with van der Waals surface area (Å²) >= 11 is 0. The zero-order valence-corrected chi connectivity index (χ0v) is 14.6. The molecule has 0 unspecified atom stereocenters. The van der Waals surface area contributed by atoms with Gasteiger partial charge in [-0.3, -0.25) is 0 Å². The minimum Gasteiger partial charge on any atom is -0.317 e. The molecule has 0 atom stereocenters. The molecule has 1 saturated carbocycles. The minimum atomic E-state index is -3.15. The molecule has 120 valence electrons. The third-order valence-corrected chi connectivity index (χ3v) is 5.44. The van der Waals surface area contributed by atoms with Crippen LogP contribution in [-0.4, -0.2) is 33.3 Å². The van der Waals surface area contributed by atoms with Crippen LogP contribution in [0.4, 0.5) is 0 Å². The molecule has 0 spiro atoms. The van der Waals surface area contributed by atoms with Crippen LogP contribution >= 0.6 is 0 Å². The highest BCUT2D eigenvalue weighted by Crippen LogP contribution is 2.45. The molecule has 4 nitrogen and oxygen atoms in total. The van der Waals surface area contributed by atoms with E-state index in [4.69, 9.17) is 0 Å². The average Bonchev–Trinajstić information content (AvgIpc) is 2.18. The summed E-state index contributed by atoms with van der Waals surface area (Å²) in [6, 6.07) is 0.0814. The topological polar surface area (TPSA) is 58.2 Å². The van der Waals surface area contributed by atoms with Gasteiger partial charge in [0.2, 0.25) is 10.0 Å². The Labute approximate surface area is 125 Å². The molecule has 0 radical (unpaired) electrons. The van der Waals surface area contributed by atoms with Crippen molar-refractivity contribution in [3.63, 3.8) is 0 Å². The molecule has 0 bridgehead atoms. The van der Waals surface area contributed by atoms with Gasteiger partial charge >= 0.3 is 0 Å². The summed E-state index contributed by atoms with van der Waals surface area (Å²) in [6.45, 7) is 12.6. The predicted molar refractivity (Wildman–Crippen MR) is 85.3 cm³/mol. The maximum absolute atomic E-state index is 12.1. The monoisotopic (exact) mass is 304 g/mol. The number of nitrogens with one attached hydrogen (secondary N) is 2. The van der Waals surface area contributed by atoms with Gasteiger partial charge in [-0.2, -0.15) is 0 Å². The van der Waals surface area contributed by atoms with Gasteiger partial charge in [-0.25, -0.2) is 13.1 Å². The van der Waals surface area contributed by atoms with Crippen LogP contribution in [0.15, 0.2) is 0 Å². The average molecular weight is 305 g/mol. The fraction of sp³-hybridized carbons (Fsp3) is 1.00. The van der Waals surface area contributed by atoms with Crippen LogP contribution in [-0.2, 0) is 10.0 Å². The van der Waals surface area contributed by atoms with Gasteiger partial charge in [0.15, 0.2) is 0 Å². The van der Waals surface area contributed by atoms with Crippen LogP contribution in [0, 0.1) is 10.8 Å². The lowest BCUT2D eigenvalue weighted by atomic mass is 9.64. The number of sulfonamides is 1.